The molecule has 0 aliphatic heterocycles. The number of carbonyl (C=O) groups excluding carboxylic acids is 1. The standard InChI is InChI=1S/C24H21N5O2/c1-14-9-16(3)22-19(10-14)15(2)11-21(27-22)29-23(17(12-25)13-26-29)28-24(30)18-7-5-6-8-20(18)31-4/h5-11,13H,1-4H3,(H,28,30). The smallest absolute Gasteiger partial charge is 0.260 e. The molecule has 31 heavy (non-hydrogen) atoms. The number of methoxy groups -OCH3 is 1. The lowest BCUT2D eigenvalue weighted by Gasteiger charge is -2.13. The van der Waals surface area contributed by atoms with Gasteiger partial charge in [0.05, 0.1) is 24.4 Å². The number of aromatic nitrogens is 3. The Morgan fingerprint density at radius 2 is 1.90 bits per heavy atom. The van der Waals surface area contributed by atoms with E-state index in [4.69, 9.17) is 9.72 Å². The number of pyridine rings is 1. The first kappa shape index (κ1) is 20.1. The second kappa shape index (κ2) is 7.92. The van der Waals surface area contributed by atoms with Crippen LogP contribution < -0.4 is 10.1 Å². The SMILES string of the molecule is COc1ccccc1C(=O)Nc1c(C#N)cnn1-c1cc(C)c2cc(C)cc(C)c2n1. The monoisotopic (exact) mass is 411 g/mol. The van der Waals surface area contributed by atoms with Crippen LogP contribution in [0.3, 0.4) is 0 Å². The minimum absolute atomic E-state index is 0.239. The van der Waals surface area contributed by atoms with Crippen molar-refractivity contribution < 1.29 is 9.53 Å². The number of fused-ring (bicyclic) bond motifs is 1. The van der Waals surface area contributed by atoms with Crippen molar-refractivity contribution in [1.29, 1.82) is 5.26 Å². The second-order valence-corrected chi connectivity index (χ2v) is 7.36. The van der Waals surface area contributed by atoms with Crippen molar-refractivity contribution >= 4 is 22.6 Å². The number of nitrogens with one attached hydrogen (secondary N) is 1. The molecule has 2 aromatic heterocycles. The van der Waals surface area contributed by atoms with E-state index in [1.54, 1.807) is 24.3 Å². The van der Waals surface area contributed by atoms with Crippen LogP contribution in [0.15, 0.2) is 48.7 Å². The molecule has 2 heterocycles. The van der Waals surface area contributed by atoms with E-state index >= 15 is 0 Å². The van der Waals surface area contributed by atoms with Gasteiger partial charge in [0.1, 0.15) is 17.4 Å². The van der Waals surface area contributed by atoms with Crippen LogP contribution in [0, 0.1) is 32.1 Å². The number of nitrogens with zero attached hydrogens (tertiary/aromatic N) is 4. The summed E-state index contributed by atoms with van der Waals surface area (Å²) in [5.74, 6) is 0.818. The number of para-hydroxylation sites is 1. The van der Waals surface area contributed by atoms with Gasteiger partial charge in [-0.3, -0.25) is 4.79 Å². The Kier molecular flexibility index (Phi) is 5.14. The Morgan fingerprint density at radius 1 is 1.13 bits per heavy atom. The fourth-order valence-corrected chi connectivity index (χ4v) is 3.67. The lowest BCUT2D eigenvalue weighted by molar-refractivity contribution is 0.102. The molecule has 0 fully saturated rings. The molecule has 1 amide bonds. The Morgan fingerprint density at radius 3 is 2.65 bits per heavy atom. The molecule has 0 spiro atoms. The predicted octanol–water partition coefficient (Wildman–Crippen LogP) is 4.48. The van der Waals surface area contributed by atoms with Crippen LogP contribution in [0.5, 0.6) is 5.75 Å². The zero-order chi connectivity index (χ0) is 22.1. The van der Waals surface area contributed by atoms with E-state index < -0.39 is 5.91 Å². The Hall–Kier alpha value is -4.18. The van der Waals surface area contributed by atoms with Crippen molar-refractivity contribution in [3.8, 4) is 17.6 Å². The minimum Gasteiger partial charge on any atom is -0.496 e. The molecule has 0 saturated heterocycles. The average molecular weight is 411 g/mol. The molecule has 7 heteroatoms. The summed E-state index contributed by atoms with van der Waals surface area (Å²) in [6, 6.07) is 15.1. The number of anilines is 1. The zero-order valence-electron chi connectivity index (χ0n) is 17.7. The highest BCUT2D eigenvalue weighted by atomic mass is 16.5. The molecular weight excluding hydrogens is 390 g/mol. The summed E-state index contributed by atoms with van der Waals surface area (Å²) in [6.07, 6.45) is 1.42. The summed E-state index contributed by atoms with van der Waals surface area (Å²) in [5, 5.41) is 17.8. The Bertz CT molecular complexity index is 1360. The molecule has 0 saturated carbocycles. The first-order valence-electron chi connectivity index (χ1n) is 9.74. The first-order valence-corrected chi connectivity index (χ1v) is 9.74. The average Bonchev–Trinajstić information content (AvgIpc) is 3.16. The van der Waals surface area contributed by atoms with E-state index in [-0.39, 0.29) is 11.4 Å². The van der Waals surface area contributed by atoms with Gasteiger partial charge in [0.2, 0.25) is 0 Å². The molecule has 0 unspecified atom stereocenters. The number of benzene rings is 2. The number of carbonyl (C=O) groups is 1. The molecule has 154 valence electrons. The van der Waals surface area contributed by atoms with Crippen LogP contribution in [0.4, 0.5) is 5.82 Å². The van der Waals surface area contributed by atoms with E-state index in [1.165, 1.54) is 23.6 Å². The summed E-state index contributed by atoms with van der Waals surface area (Å²) in [5.41, 5.74) is 4.70. The molecule has 0 atom stereocenters. The molecule has 1 N–H and O–H groups in total. The number of hydrogen-bond donors (Lipinski definition) is 1. The third-order valence-corrected chi connectivity index (χ3v) is 5.13. The van der Waals surface area contributed by atoms with Crippen molar-refractivity contribution in [3.63, 3.8) is 0 Å². The molecular formula is C24H21N5O2. The van der Waals surface area contributed by atoms with E-state index in [0.29, 0.717) is 17.1 Å². The fraction of sp³-hybridized carbons (Fsp3) is 0.167. The number of aryl methyl sites for hydroxylation is 3. The van der Waals surface area contributed by atoms with Gasteiger partial charge in [-0.25, -0.2) is 4.98 Å². The molecule has 4 rings (SSSR count). The Balaban J connectivity index is 1.82. The van der Waals surface area contributed by atoms with Crippen molar-refractivity contribution in [2.45, 2.75) is 20.8 Å². The van der Waals surface area contributed by atoms with Gasteiger partial charge in [-0.1, -0.05) is 23.8 Å². The van der Waals surface area contributed by atoms with E-state index in [2.05, 4.69) is 35.5 Å². The van der Waals surface area contributed by atoms with Gasteiger partial charge < -0.3 is 10.1 Å². The normalized spacial score (nSPS) is 10.7. The molecule has 2 aromatic carbocycles. The van der Waals surface area contributed by atoms with Gasteiger partial charge in [0.15, 0.2) is 11.6 Å². The lowest BCUT2D eigenvalue weighted by Crippen LogP contribution is -2.17. The topological polar surface area (TPSA) is 92.8 Å². The van der Waals surface area contributed by atoms with Gasteiger partial charge in [-0.2, -0.15) is 15.0 Å². The zero-order valence-corrected chi connectivity index (χ0v) is 17.7. The summed E-state index contributed by atoms with van der Waals surface area (Å²) in [7, 11) is 1.50. The maximum atomic E-state index is 13.0. The van der Waals surface area contributed by atoms with Crippen LogP contribution >= 0.6 is 0 Å². The third-order valence-electron chi connectivity index (χ3n) is 5.13. The van der Waals surface area contributed by atoms with Crippen molar-refractivity contribution in [2.75, 3.05) is 12.4 Å². The molecule has 0 radical (unpaired) electrons. The highest BCUT2D eigenvalue weighted by molar-refractivity contribution is 6.06. The highest BCUT2D eigenvalue weighted by Gasteiger charge is 2.20. The predicted molar refractivity (Wildman–Crippen MR) is 119 cm³/mol. The van der Waals surface area contributed by atoms with Gasteiger partial charge >= 0.3 is 0 Å². The van der Waals surface area contributed by atoms with E-state index in [0.717, 1.165) is 22.0 Å². The number of rotatable bonds is 4. The third kappa shape index (κ3) is 3.60. The fourth-order valence-electron chi connectivity index (χ4n) is 3.67. The highest BCUT2D eigenvalue weighted by Crippen LogP contribution is 2.27. The minimum atomic E-state index is -0.403. The Labute approximate surface area is 179 Å². The molecule has 0 bridgehead atoms. The molecule has 7 nitrogen and oxygen atoms in total. The van der Waals surface area contributed by atoms with Gasteiger partial charge in [0.25, 0.3) is 5.91 Å². The summed E-state index contributed by atoms with van der Waals surface area (Å²) >= 11 is 0. The van der Waals surface area contributed by atoms with Crippen LogP contribution in [-0.2, 0) is 0 Å². The van der Waals surface area contributed by atoms with E-state index in [9.17, 15) is 10.1 Å². The largest absolute Gasteiger partial charge is 0.496 e. The summed E-state index contributed by atoms with van der Waals surface area (Å²) in [6.45, 7) is 6.08. The van der Waals surface area contributed by atoms with Crippen molar-refractivity contribution in [1.82, 2.24) is 14.8 Å². The quantitative estimate of drug-likeness (QED) is 0.534. The van der Waals surface area contributed by atoms with Crippen molar-refractivity contribution in [2.24, 2.45) is 0 Å². The van der Waals surface area contributed by atoms with Crippen LogP contribution in [0.25, 0.3) is 16.7 Å². The molecule has 0 aliphatic carbocycles. The first-order chi connectivity index (χ1) is 14.9. The van der Waals surface area contributed by atoms with Crippen LogP contribution in [0.2, 0.25) is 0 Å². The maximum Gasteiger partial charge on any atom is 0.260 e. The lowest BCUT2D eigenvalue weighted by atomic mass is 10.0. The second-order valence-electron chi connectivity index (χ2n) is 7.36. The molecule has 0 aliphatic rings. The van der Waals surface area contributed by atoms with Crippen LogP contribution in [0.1, 0.15) is 32.6 Å². The van der Waals surface area contributed by atoms with Gasteiger partial charge in [0, 0.05) is 5.39 Å². The van der Waals surface area contributed by atoms with Crippen LogP contribution in [-0.4, -0.2) is 27.8 Å². The van der Waals surface area contributed by atoms with Crippen molar-refractivity contribution in [3.05, 3.63) is 76.5 Å². The number of ether oxygens (including phenoxy) is 1. The summed E-state index contributed by atoms with van der Waals surface area (Å²) < 4.78 is 6.77. The maximum absolute atomic E-state index is 13.0. The molecule has 4 aromatic rings. The van der Waals surface area contributed by atoms with Gasteiger partial charge in [-0.15, -0.1) is 0 Å². The van der Waals surface area contributed by atoms with Gasteiger partial charge in [-0.05, 0) is 56.2 Å². The number of hydrogen-bond acceptors (Lipinski definition) is 5. The number of nitriles is 1. The number of amides is 1. The van der Waals surface area contributed by atoms with E-state index in [1.807, 2.05) is 19.9 Å². The summed E-state index contributed by atoms with van der Waals surface area (Å²) in [4.78, 5) is 17.7.